The minimum Gasteiger partial charge on any atom is -0.467 e. The number of esters is 1. The van der Waals surface area contributed by atoms with E-state index in [9.17, 15) is 9.59 Å². The van der Waals surface area contributed by atoms with Crippen LogP contribution in [0.5, 0.6) is 0 Å². The van der Waals surface area contributed by atoms with E-state index >= 15 is 0 Å². The van der Waals surface area contributed by atoms with Crippen LogP contribution in [-0.2, 0) is 14.9 Å². The van der Waals surface area contributed by atoms with E-state index in [-0.39, 0.29) is 11.0 Å². The number of ether oxygens (including phenoxy) is 1. The summed E-state index contributed by atoms with van der Waals surface area (Å²) >= 11 is 0. The smallest absolute Gasteiger partial charge is 0.330 e. The first-order valence-electron chi connectivity index (χ1n) is 5.45. The van der Waals surface area contributed by atoms with Crippen LogP contribution in [0, 0.1) is 0 Å². The van der Waals surface area contributed by atoms with Gasteiger partial charge in [-0.1, -0.05) is 20.8 Å². The highest BCUT2D eigenvalue weighted by Gasteiger charge is 2.21. The molecule has 1 aromatic rings. The van der Waals surface area contributed by atoms with Crippen LogP contribution in [0.3, 0.4) is 0 Å². The van der Waals surface area contributed by atoms with Crippen LogP contribution < -0.4 is 5.56 Å². The van der Waals surface area contributed by atoms with E-state index in [1.807, 2.05) is 20.8 Å². The van der Waals surface area contributed by atoms with Crippen LogP contribution in [0.2, 0.25) is 0 Å². The molecule has 0 fully saturated rings. The van der Waals surface area contributed by atoms with E-state index in [1.54, 1.807) is 13.0 Å². The van der Waals surface area contributed by atoms with Crippen molar-refractivity contribution in [2.75, 3.05) is 7.11 Å². The summed E-state index contributed by atoms with van der Waals surface area (Å²) in [6, 6.07) is 2.39. The molecular formula is C12H18N2O3. The Morgan fingerprint density at radius 2 is 2.00 bits per heavy atom. The topological polar surface area (TPSA) is 61.2 Å². The van der Waals surface area contributed by atoms with Crippen molar-refractivity contribution in [1.29, 1.82) is 0 Å². The highest BCUT2D eigenvalue weighted by molar-refractivity contribution is 5.73. The van der Waals surface area contributed by atoms with Crippen LogP contribution in [0.15, 0.2) is 16.9 Å². The Hall–Kier alpha value is -1.65. The Morgan fingerprint density at radius 1 is 1.41 bits per heavy atom. The summed E-state index contributed by atoms with van der Waals surface area (Å²) in [6.45, 7) is 7.57. The Kier molecular flexibility index (Phi) is 3.70. The molecule has 0 radical (unpaired) electrons. The zero-order chi connectivity index (χ0) is 13.2. The maximum Gasteiger partial charge on any atom is 0.330 e. The third-order valence-electron chi connectivity index (χ3n) is 2.50. The second kappa shape index (κ2) is 4.69. The van der Waals surface area contributed by atoms with Crippen molar-refractivity contribution in [2.45, 2.75) is 39.2 Å². The van der Waals surface area contributed by atoms with Crippen LogP contribution >= 0.6 is 0 Å². The number of methoxy groups -OCH3 is 1. The van der Waals surface area contributed by atoms with Gasteiger partial charge < -0.3 is 4.74 Å². The molecule has 0 amide bonds. The van der Waals surface area contributed by atoms with Crippen LogP contribution in [0.25, 0.3) is 0 Å². The van der Waals surface area contributed by atoms with E-state index in [4.69, 9.17) is 0 Å². The molecule has 1 atom stereocenters. The summed E-state index contributed by atoms with van der Waals surface area (Å²) in [6.07, 6.45) is 0. The third kappa shape index (κ3) is 2.93. The van der Waals surface area contributed by atoms with E-state index in [0.29, 0.717) is 0 Å². The number of rotatable bonds is 2. The van der Waals surface area contributed by atoms with Crippen molar-refractivity contribution in [3.05, 3.63) is 28.2 Å². The summed E-state index contributed by atoms with van der Waals surface area (Å²) in [5.74, 6) is -0.481. The van der Waals surface area contributed by atoms with Crippen LogP contribution in [0.4, 0.5) is 0 Å². The van der Waals surface area contributed by atoms with Gasteiger partial charge in [-0.25, -0.2) is 9.48 Å². The summed E-state index contributed by atoms with van der Waals surface area (Å²) in [5, 5.41) is 4.22. The van der Waals surface area contributed by atoms with Crippen molar-refractivity contribution < 1.29 is 9.53 Å². The third-order valence-corrected chi connectivity index (χ3v) is 2.50. The molecule has 0 saturated carbocycles. The molecule has 1 rings (SSSR count). The molecule has 0 aromatic carbocycles. The van der Waals surface area contributed by atoms with E-state index in [2.05, 4.69) is 9.84 Å². The quantitative estimate of drug-likeness (QED) is 0.728. The van der Waals surface area contributed by atoms with Crippen molar-refractivity contribution >= 4 is 5.97 Å². The minimum atomic E-state index is -0.713. The highest BCUT2D eigenvalue weighted by atomic mass is 16.5. The van der Waals surface area contributed by atoms with Gasteiger partial charge in [0.15, 0.2) is 6.04 Å². The van der Waals surface area contributed by atoms with Gasteiger partial charge in [-0.05, 0) is 13.0 Å². The first-order chi connectivity index (χ1) is 7.77. The van der Waals surface area contributed by atoms with Crippen molar-refractivity contribution in [2.24, 2.45) is 0 Å². The molecule has 0 aliphatic heterocycles. The summed E-state index contributed by atoms with van der Waals surface area (Å²) in [4.78, 5) is 23.1. The van der Waals surface area contributed by atoms with E-state index in [1.165, 1.54) is 13.2 Å². The largest absolute Gasteiger partial charge is 0.467 e. The van der Waals surface area contributed by atoms with Crippen molar-refractivity contribution in [3.8, 4) is 0 Å². The summed E-state index contributed by atoms with van der Waals surface area (Å²) in [7, 11) is 1.29. The molecule has 94 valence electrons. The fraction of sp³-hybridized carbons (Fsp3) is 0.583. The lowest BCUT2D eigenvalue weighted by Gasteiger charge is -2.20. The first-order valence-corrected chi connectivity index (χ1v) is 5.45. The van der Waals surface area contributed by atoms with Gasteiger partial charge in [-0.2, -0.15) is 5.10 Å². The highest BCUT2D eigenvalue weighted by Crippen LogP contribution is 2.18. The predicted octanol–water partition coefficient (Wildman–Crippen LogP) is 1.27. The van der Waals surface area contributed by atoms with Crippen LogP contribution in [-0.4, -0.2) is 22.9 Å². The van der Waals surface area contributed by atoms with Gasteiger partial charge in [-0.15, -0.1) is 0 Å². The summed E-state index contributed by atoms with van der Waals surface area (Å²) < 4.78 is 5.77. The maximum atomic E-state index is 11.7. The SMILES string of the molecule is COC(=O)C(C)n1nc(C(C)(C)C)ccc1=O. The van der Waals surface area contributed by atoms with Gasteiger partial charge in [0.25, 0.3) is 5.56 Å². The Labute approximate surface area is 100 Å². The van der Waals surface area contributed by atoms with Crippen LogP contribution in [0.1, 0.15) is 39.4 Å². The molecule has 1 heterocycles. The fourth-order valence-electron chi connectivity index (χ4n) is 1.37. The van der Waals surface area contributed by atoms with Gasteiger partial charge in [0, 0.05) is 11.5 Å². The Morgan fingerprint density at radius 3 is 2.47 bits per heavy atom. The zero-order valence-electron chi connectivity index (χ0n) is 10.9. The molecule has 1 aromatic heterocycles. The number of hydrogen-bond donors (Lipinski definition) is 0. The number of carbonyl (C=O) groups excluding carboxylic acids is 1. The minimum absolute atomic E-state index is 0.175. The molecule has 17 heavy (non-hydrogen) atoms. The molecular weight excluding hydrogens is 220 g/mol. The van der Waals surface area contributed by atoms with Crippen molar-refractivity contribution in [3.63, 3.8) is 0 Å². The van der Waals surface area contributed by atoms with E-state index in [0.717, 1.165) is 10.4 Å². The predicted molar refractivity (Wildman–Crippen MR) is 63.9 cm³/mol. The second-order valence-corrected chi connectivity index (χ2v) is 4.95. The molecule has 0 aliphatic carbocycles. The lowest BCUT2D eigenvalue weighted by molar-refractivity contribution is -0.144. The normalized spacial score (nSPS) is 13.2. The maximum absolute atomic E-state index is 11.7. The zero-order valence-corrected chi connectivity index (χ0v) is 10.9. The summed E-state index contributed by atoms with van der Waals surface area (Å²) in [5.41, 5.74) is 0.273. The lowest BCUT2D eigenvalue weighted by atomic mass is 9.92. The Bertz CT molecular complexity index is 471. The molecule has 5 nitrogen and oxygen atoms in total. The molecule has 5 heteroatoms. The average molecular weight is 238 g/mol. The Balaban J connectivity index is 3.25. The number of hydrogen-bond acceptors (Lipinski definition) is 4. The monoisotopic (exact) mass is 238 g/mol. The molecule has 0 spiro atoms. The molecule has 0 aliphatic rings. The van der Waals surface area contributed by atoms with E-state index < -0.39 is 12.0 Å². The number of aromatic nitrogens is 2. The molecule has 0 N–H and O–H groups in total. The average Bonchev–Trinajstić information content (AvgIpc) is 2.26. The van der Waals surface area contributed by atoms with Crippen molar-refractivity contribution in [1.82, 2.24) is 9.78 Å². The fourth-order valence-corrected chi connectivity index (χ4v) is 1.37. The molecule has 0 bridgehead atoms. The molecule has 1 unspecified atom stereocenters. The lowest BCUT2D eigenvalue weighted by Crippen LogP contribution is -2.32. The standard InChI is InChI=1S/C12H18N2O3/c1-8(11(16)17-5)14-10(15)7-6-9(13-14)12(2,3)4/h6-8H,1-5H3. The first kappa shape index (κ1) is 13.4. The number of carbonyl (C=O) groups is 1. The number of nitrogens with zero attached hydrogens (tertiary/aromatic N) is 2. The van der Waals surface area contributed by atoms with Gasteiger partial charge in [-0.3, -0.25) is 4.79 Å². The second-order valence-electron chi connectivity index (χ2n) is 4.95. The van der Waals surface area contributed by atoms with Gasteiger partial charge in [0.1, 0.15) is 0 Å². The van der Waals surface area contributed by atoms with Gasteiger partial charge in [0.05, 0.1) is 12.8 Å². The van der Waals surface area contributed by atoms with Gasteiger partial charge >= 0.3 is 5.97 Å². The van der Waals surface area contributed by atoms with Gasteiger partial charge in [0.2, 0.25) is 0 Å². The molecule has 0 saturated heterocycles.